The monoisotopic (exact) mass is 386 g/mol. The average Bonchev–Trinajstić information content (AvgIpc) is 2.60. The first-order valence-electron chi connectivity index (χ1n) is 9.09. The molecule has 0 bridgehead atoms. The number of carbonyl (C=O) groups excluding carboxylic acids is 2. The zero-order valence-electron chi connectivity index (χ0n) is 17.1. The van der Waals surface area contributed by atoms with Crippen LogP contribution in [0.1, 0.15) is 56.8 Å². The number of rotatable bonds is 7. The van der Waals surface area contributed by atoms with Crippen LogP contribution in [0.15, 0.2) is 36.4 Å². The first-order valence-corrected chi connectivity index (χ1v) is 9.09. The van der Waals surface area contributed by atoms with Gasteiger partial charge in [-0.25, -0.2) is 9.59 Å². The van der Waals surface area contributed by atoms with E-state index in [2.05, 4.69) is 0 Å². The lowest BCUT2D eigenvalue weighted by Crippen LogP contribution is -2.27. The fourth-order valence-corrected chi connectivity index (χ4v) is 2.60. The lowest BCUT2D eigenvalue weighted by atomic mass is 10.1. The van der Waals surface area contributed by atoms with Crippen LogP contribution in [0.25, 0.3) is 0 Å². The summed E-state index contributed by atoms with van der Waals surface area (Å²) in [5.74, 6) is -1.53. The maximum Gasteiger partial charge on any atom is 0.373 e. The molecule has 0 radical (unpaired) electrons. The third-order valence-electron chi connectivity index (χ3n) is 4.19. The van der Waals surface area contributed by atoms with Crippen LogP contribution in [-0.2, 0) is 19.6 Å². The summed E-state index contributed by atoms with van der Waals surface area (Å²) in [7, 11) is 0. The molecule has 2 aromatic rings. The van der Waals surface area contributed by atoms with Crippen LogP contribution >= 0.6 is 0 Å². The molecule has 0 unspecified atom stereocenters. The van der Waals surface area contributed by atoms with Gasteiger partial charge in [-0.05, 0) is 51.0 Å². The van der Waals surface area contributed by atoms with Crippen molar-refractivity contribution >= 4 is 11.9 Å². The molecule has 0 saturated carbocycles. The lowest BCUT2D eigenvalue weighted by Gasteiger charge is -2.18. The minimum absolute atomic E-state index is 0.237. The van der Waals surface area contributed by atoms with Gasteiger partial charge in [0.05, 0.1) is 11.1 Å². The quantitative estimate of drug-likeness (QED) is 0.387. The second-order valence-electron chi connectivity index (χ2n) is 7.18. The van der Waals surface area contributed by atoms with Crippen LogP contribution in [-0.4, -0.2) is 18.2 Å². The van der Waals surface area contributed by atoms with E-state index in [9.17, 15) is 9.59 Å². The number of hydrogen-bond acceptors (Lipinski definition) is 6. The van der Waals surface area contributed by atoms with Gasteiger partial charge in [-0.3, -0.25) is 9.78 Å². The Labute approximate surface area is 165 Å². The predicted octanol–water partition coefficient (Wildman–Crippen LogP) is 4.78. The first kappa shape index (κ1) is 21.6. The van der Waals surface area contributed by atoms with Crippen LogP contribution in [0, 0.1) is 33.6 Å². The molecule has 0 N–H and O–H groups in total. The number of carbonyl (C=O) groups is 2. The van der Waals surface area contributed by atoms with Gasteiger partial charge in [-0.1, -0.05) is 49.2 Å². The Hall–Kier alpha value is -2.70. The first-order chi connectivity index (χ1) is 13.2. The molecule has 0 heterocycles. The molecule has 0 fully saturated rings. The summed E-state index contributed by atoms with van der Waals surface area (Å²) in [6, 6.07) is 10.7. The molecular formula is C22H26O6. The van der Waals surface area contributed by atoms with Gasteiger partial charge in [0.2, 0.25) is 6.29 Å². The van der Waals surface area contributed by atoms with E-state index in [1.807, 2.05) is 52.0 Å². The van der Waals surface area contributed by atoms with Gasteiger partial charge < -0.3 is 0 Å². The summed E-state index contributed by atoms with van der Waals surface area (Å²) < 4.78 is 0. The van der Waals surface area contributed by atoms with Gasteiger partial charge in [-0.2, -0.15) is 0 Å². The van der Waals surface area contributed by atoms with E-state index in [4.69, 9.17) is 19.6 Å². The van der Waals surface area contributed by atoms with Crippen molar-refractivity contribution in [3.8, 4) is 0 Å². The Morgan fingerprint density at radius 3 is 1.43 bits per heavy atom. The van der Waals surface area contributed by atoms with Gasteiger partial charge in [0.25, 0.3) is 0 Å². The third-order valence-corrected chi connectivity index (χ3v) is 4.19. The smallest absolute Gasteiger partial charge is 0.290 e. The van der Waals surface area contributed by atoms with E-state index < -0.39 is 18.2 Å². The Morgan fingerprint density at radius 1 is 0.714 bits per heavy atom. The van der Waals surface area contributed by atoms with E-state index >= 15 is 0 Å². The molecule has 150 valence electrons. The fraction of sp³-hybridized carbons (Fsp3) is 0.364. The van der Waals surface area contributed by atoms with Crippen molar-refractivity contribution in [2.24, 2.45) is 5.92 Å². The SMILES string of the molecule is Cc1ccc(C(=O)OOC(OOC(=O)c2ccc(C)cc2C)C(C)C)c(C)c1. The summed E-state index contributed by atoms with van der Waals surface area (Å²) >= 11 is 0. The molecule has 0 aromatic heterocycles. The fourth-order valence-electron chi connectivity index (χ4n) is 2.60. The Morgan fingerprint density at radius 2 is 1.11 bits per heavy atom. The maximum atomic E-state index is 12.2. The zero-order chi connectivity index (χ0) is 20.8. The summed E-state index contributed by atoms with van der Waals surface area (Å²) in [6.07, 6.45) is -1.07. The highest BCUT2D eigenvalue weighted by Gasteiger charge is 2.23. The largest absolute Gasteiger partial charge is 0.373 e. The van der Waals surface area contributed by atoms with E-state index in [0.717, 1.165) is 22.3 Å². The molecule has 0 amide bonds. The second kappa shape index (κ2) is 9.48. The van der Waals surface area contributed by atoms with E-state index in [0.29, 0.717) is 11.1 Å². The summed E-state index contributed by atoms with van der Waals surface area (Å²) in [4.78, 5) is 44.4. The molecule has 2 rings (SSSR count). The molecule has 0 atom stereocenters. The van der Waals surface area contributed by atoms with Crippen molar-refractivity contribution in [3.05, 3.63) is 69.8 Å². The minimum Gasteiger partial charge on any atom is -0.290 e. The van der Waals surface area contributed by atoms with Gasteiger partial charge in [0.15, 0.2) is 0 Å². The van der Waals surface area contributed by atoms with Crippen LogP contribution < -0.4 is 0 Å². The van der Waals surface area contributed by atoms with Gasteiger partial charge in [0.1, 0.15) is 0 Å². The molecule has 0 aliphatic rings. The highest BCUT2D eigenvalue weighted by molar-refractivity contribution is 5.91. The van der Waals surface area contributed by atoms with E-state index in [-0.39, 0.29) is 5.92 Å². The van der Waals surface area contributed by atoms with Gasteiger partial charge in [-0.15, -0.1) is 9.78 Å². The zero-order valence-corrected chi connectivity index (χ0v) is 17.1. The summed E-state index contributed by atoms with van der Waals surface area (Å²) in [5.41, 5.74) is 4.41. The van der Waals surface area contributed by atoms with E-state index in [1.54, 1.807) is 26.0 Å². The van der Waals surface area contributed by atoms with Crippen molar-refractivity contribution in [2.45, 2.75) is 47.8 Å². The molecule has 0 aliphatic heterocycles. The normalized spacial score (nSPS) is 11.0. The van der Waals surface area contributed by atoms with Crippen molar-refractivity contribution in [2.75, 3.05) is 0 Å². The van der Waals surface area contributed by atoms with Crippen molar-refractivity contribution in [1.29, 1.82) is 0 Å². The molecule has 6 nitrogen and oxygen atoms in total. The highest BCUT2D eigenvalue weighted by Crippen LogP contribution is 2.17. The second-order valence-corrected chi connectivity index (χ2v) is 7.18. The van der Waals surface area contributed by atoms with Crippen molar-refractivity contribution < 1.29 is 29.1 Å². The molecule has 0 spiro atoms. The topological polar surface area (TPSA) is 71.1 Å². The van der Waals surface area contributed by atoms with Crippen molar-refractivity contribution in [1.82, 2.24) is 0 Å². The molecule has 28 heavy (non-hydrogen) atoms. The lowest BCUT2D eigenvalue weighted by molar-refractivity contribution is -0.430. The molecule has 0 saturated heterocycles. The number of aryl methyl sites for hydroxylation is 4. The Balaban J connectivity index is 1.96. The molecular weight excluding hydrogens is 360 g/mol. The number of hydrogen-bond donors (Lipinski definition) is 0. The summed E-state index contributed by atoms with van der Waals surface area (Å²) in [6.45, 7) is 11.1. The van der Waals surface area contributed by atoms with Crippen LogP contribution in [0.2, 0.25) is 0 Å². The van der Waals surface area contributed by atoms with Gasteiger partial charge >= 0.3 is 11.9 Å². The van der Waals surface area contributed by atoms with Crippen LogP contribution in [0.5, 0.6) is 0 Å². The van der Waals surface area contributed by atoms with Gasteiger partial charge in [0, 0.05) is 5.92 Å². The average molecular weight is 386 g/mol. The van der Waals surface area contributed by atoms with Crippen molar-refractivity contribution in [3.63, 3.8) is 0 Å². The predicted molar refractivity (Wildman–Crippen MR) is 103 cm³/mol. The van der Waals surface area contributed by atoms with Crippen LogP contribution in [0.3, 0.4) is 0 Å². The number of benzene rings is 2. The minimum atomic E-state index is -1.07. The Bertz CT molecular complexity index is 789. The molecule has 2 aromatic carbocycles. The summed E-state index contributed by atoms with van der Waals surface area (Å²) in [5, 5.41) is 0. The van der Waals surface area contributed by atoms with E-state index in [1.165, 1.54) is 0 Å². The third kappa shape index (κ3) is 5.65. The molecule has 6 heteroatoms. The standard InChI is InChI=1S/C22H26O6/c1-13(2)22(27-25-20(23)18-9-7-14(3)11-16(18)5)28-26-21(24)19-10-8-15(4)12-17(19)6/h7-13,22H,1-6H3. The highest BCUT2D eigenvalue weighted by atomic mass is 17.3. The molecule has 0 aliphatic carbocycles. The maximum absolute atomic E-state index is 12.2. The van der Waals surface area contributed by atoms with Crippen LogP contribution in [0.4, 0.5) is 0 Å². The Kier molecular flexibility index (Phi) is 7.31.